The summed E-state index contributed by atoms with van der Waals surface area (Å²) < 4.78 is 120. The Morgan fingerprint density at radius 3 is 2.06 bits per heavy atom. The van der Waals surface area contributed by atoms with E-state index in [0.717, 1.165) is 31.0 Å². The maximum absolute atomic E-state index is 13.4. The summed E-state index contributed by atoms with van der Waals surface area (Å²) in [4.78, 5) is 24.6. The van der Waals surface area contributed by atoms with E-state index >= 15 is 0 Å². The van der Waals surface area contributed by atoms with Gasteiger partial charge in [-0.2, -0.15) is 34.8 Å². The molecule has 7 nitrogen and oxygen atoms in total. The van der Waals surface area contributed by atoms with Gasteiger partial charge in [0.1, 0.15) is 17.1 Å². The van der Waals surface area contributed by atoms with Gasteiger partial charge in [-0.05, 0) is 53.6 Å². The predicted octanol–water partition coefficient (Wildman–Crippen LogP) is 4.29. The summed E-state index contributed by atoms with van der Waals surface area (Å²) in [6.07, 6.45) is -10.6. The Bertz CT molecular complexity index is 970. The second-order valence-electron chi connectivity index (χ2n) is 6.98. The molecular formula is C17H15F6IO7S. The first-order valence-corrected chi connectivity index (χ1v) is 11.5. The van der Waals surface area contributed by atoms with Crippen LogP contribution in [0.2, 0.25) is 0 Å². The number of carbonyl (C=O) groups is 2. The molecule has 0 radical (unpaired) electrons. The number of esters is 2. The number of ether oxygens (including phenoxy) is 2. The first-order chi connectivity index (χ1) is 14.5. The van der Waals surface area contributed by atoms with Gasteiger partial charge in [-0.25, -0.2) is 4.79 Å². The van der Waals surface area contributed by atoms with Crippen molar-refractivity contribution in [1.82, 2.24) is 0 Å². The third-order valence-corrected chi connectivity index (χ3v) is 6.07. The van der Waals surface area contributed by atoms with Crippen molar-refractivity contribution >= 4 is 44.6 Å². The lowest BCUT2D eigenvalue weighted by Gasteiger charge is -2.35. The number of carbonyl (C=O) groups excluding carboxylic acids is 2. The van der Waals surface area contributed by atoms with Gasteiger partial charge in [0.15, 0.2) is 0 Å². The van der Waals surface area contributed by atoms with Crippen LogP contribution in [0.4, 0.5) is 26.3 Å². The molecule has 1 saturated carbocycles. The molecule has 32 heavy (non-hydrogen) atoms. The zero-order chi connectivity index (χ0) is 24.5. The zero-order valence-corrected chi connectivity index (χ0v) is 18.8. The van der Waals surface area contributed by atoms with Gasteiger partial charge in [-0.15, -0.1) is 0 Å². The number of hydrogen-bond acceptors (Lipinski definition) is 6. The van der Waals surface area contributed by atoms with Crippen LogP contribution in [-0.2, 0) is 19.6 Å². The van der Waals surface area contributed by atoms with E-state index in [2.05, 4.69) is 4.74 Å². The van der Waals surface area contributed by atoms with E-state index in [1.54, 1.807) is 22.6 Å². The summed E-state index contributed by atoms with van der Waals surface area (Å²) in [6, 6.07) is 2.91. The zero-order valence-electron chi connectivity index (χ0n) is 15.8. The van der Waals surface area contributed by atoms with E-state index in [4.69, 9.17) is 9.29 Å². The molecule has 0 atom stereocenters. The standard InChI is InChI=1S/C17H15F6IO7S/c18-16(19,20)15(17(21,22)23,8-32(27,28)29)31-14(26)11-6-5-10(24)7-12(11)30-13(25)9-3-1-2-4-9/h5-7,9H,1-4,8H2,(H,27,28,29). The summed E-state index contributed by atoms with van der Waals surface area (Å²) in [7, 11) is -5.93. The molecule has 1 aromatic carbocycles. The minimum Gasteiger partial charge on any atom is -0.434 e. The molecule has 1 fully saturated rings. The van der Waals surface area contributed by atoms with Gasteiger partial charge >= 0.3 is 29.9 Å². The number of benzene rings is 1. The molecule has 0 aromatic heterocycles. The van der Waals surface area contributed by atoms with Crippen LogP contribution < -0.4 is 4.74 Å². The summed E-state index contributed by atoms with van der Waals surface area (Å²) >= 11 is 1.70. The van der Waals surface area contributed by atoms with Crippen molar-refractivity contribution in [3.8, 4) is 5.75 Å². The van der Waals surface area contributed by atoms with Crippen LogP contribution in [0.25, 0.3) is 0 Å². The van der Waals surface area contributed by atoms with E-state index in [-0.39, 0.29) is 0 Å². The Labute approximate surface area is 191 Å². The Morgan fingerprint density at radius 1 is 1.06 bits per heavy atom. The highest BCUT2D eigenvalue weighted by Gasteiger charge is 2.76. The summed E-state index contributed by atoms with van der Waals surface area (Å²) in [5.41, 5.74) is -6.54. The normalized spacial score (nSPS) is 16.1. The molecule has 1 aromatic rings. The molecule has 1 N–H and O–H groups in total. The first kappa shape index (κ1) is 26.6. The lowest BCUT2D eigenvalue weighted by Crippen LogP contribution is -2.63. The minimum absolute atomic E-state index is 0.323. The summed E-state index contributed by atoms with van der Waals surface area (Å²) in [5, 5.41) is 0. The van der Waals surface area contributed by atoms with Gasteiger partial charge in [0, 0.05) is 3.57 Å². The number of rotatable bonds is 6. The number of halogens is 7. The van der Waals surface area contributed by atoms with Crippen molar-refractivity contribution in [1.29, 1.82) is 0 Å². The average molecular weight is 604 g/mol. The van der Waals surface area contributed by atoms with Crippen molar-refractivity contribution in [3.63, 3.8) is 0 Å². The highest BCUT2D eigenvalue weighted by molar-refractivity contribution is 14.1. The molecule has 180 valence electrons. The average Bonchev–Trinajstić information content (AvgIpc) is 3.12. The Balaban J connectivity index is 2.49. The van der Waals surface area contributed by atoms with Crippen LogP contribution in [0.15, 0.2) is 18.2 Å². The van der Waals surface area contributed by atoms with Gasteiger partial charge in [0.2, 0.25) is 0 Å². The van der Waals surface area contributed by atoms with Gasteiger partial charge in [-0.3, -0.25) is 9.35 Å². The fourth-order valence-electron chi connectivity index (χ4n) is 3.04. The molecular weight excluding hydrogens is 589 g/mol. The lowest BCUT2D eigenvalue weighted by atomic mass is 10.0. The fraction of sp³-hybridized carbons (Fsp3) is 0.529. The molecule has 0 heterocycles. The van der Waals surface area contributed by atoms with E-state index < -0.39 is 63.0 Å². The molecule has 2 rings (SSSR count). The largest absolute Gasteiger partial charge is 0.438 e. The van der Waals surface area contributed by atoms with Crippen LogP contribution in [0.1, 0.15) is 36.0 Å². The van der Waals surface area contributed by atoms with E-state index in [1.807, 2.05) is 0 Å². The van der Waals surface area contributed by atoms with Crippen LogP contribution >= 0.6 is 22.6 Å². The van der Waals surface area contributed by atoms with Gasteiger partial charge < -0.3 is 9.47 Å². The van der Waals surface area contributed by atoms with Crippen molar-refractivity contribution in [2.75, 3.05) is 5.75 Å². The quantitative estimate of drug-likeness (QED) is 0.170. The monoisotopic (exact) mass is 604 g/mol. The first-order valence-electron chi connectivity index (χ1n) is 8.80. The van der Waals surface area contributed by atoms with E-state index in [1.165, 1.54) is 0 Å². The summed E-state index contributed by atoms with van der Waals surface area (Å²) in [6.45, 7) is 0. The topological polar surface area (TPSA) is 107 Å². The molecule has 15 heteroatoms. The second kappa shape index (κ2) is 9.32. The van der Waals surface area contributed by atoms with Gasteiger partial charge in [-0.1, -0.05) is 12.8 Å². The fourth-order valence-corrected chi connectivity index (χ4v) is 4.40. The highest BCUT2D eigenvalue weighted by atomic mass is 127. The third kappa shape index (κ3) is 6.03. The molecule has 1 aliphatic rings. The number of hydrogen-bond donors (Lipinski definition) is 1. The number of alkyl halides is 6. The Hall–Kier alpha value is -1.62. The highest BCUT2D eigenvalue weighted by Crippen LogP contribution is 2.47. The maximum atomic E-state index is 13.4. The van der Waals surface area contributed by atoms with Crippen molar-refractivity contribution in [3.05, 3.63) is 27.3 Å². The molecule has 1 aliphatic carbocycles. The Morgan fingerprint density at radius 2 is 1.59 bits per heavy atom. The van der Waals surface area contributed by atoms with Gasteiger partial charge in [0.05, 0.1) is 5.92 Å². The maximum Gasteiger partial charge on any atom is 0.438 e. The molecule has 0 spiro atoms. The Kier molecular flexibility index (Phi) is 7.76. The second-order valence-corrected chi connectivity index (χ2v) is 9.68. The van der Waals surface area contributed by atoms with E-state index in [0.29, 0.717) is 16.4 Å². The summed E-state index contributed by atoms with van der Waals surface area (Å²) in [5.74, 6) is -7.30. The molecule has 0 amide bonds. The van der Waals surface area contributed by atoms with E-state index in [9.17, 15) is 44.3 Å². The molecule has 0 unspecified atom stereocenters. The molecule has 0 bridgehead atoms. The van der Waals surface area contributed by atoms with Crippen molar-refractivity contribution < 1.29 is 58.4 Å². The van der Waals surface area contributed by atoms with Gasteiger partial charge in [0.25, 0.3) is 10.1 Å². The predicted molar refractivity (Wildman–Crippen MR) is 103 cm³/mol. The minimum atomic E-state index is -6.47. The smallest absolute Gasteiger partial charge is 0.434 e. The third-order valence-electron chi connectivity index (χ3n) is 4.63. The van der Waals surface area contributed by atoms with Crippen LogP contribution in [0, 0.1) is 9.49 Å². The van der Waals surface area contributed by atoms with Crippen molar-refractivity contribution in [2.24, 2.45) is 5.92 Å². The van der Waals surface area contributed by atoms with Crippen LogP contribution in [0.3, 0.4) is 0 Å². The van der Waals surface area contributed by atoms with Crippen LogP contribution in [0.5, 0.6) is 5.75 Å². The molecule has 0 saturated heterocycles. The SMILES string of the molecule is O=C(OC(CS(=O)(=O)O)(C(F)(F)F)C(F)(F)F)c1ccc(I)cc1OC(=O)C1CCCC1. The van der Waals surface area contributed by atoms with Crippen LogP contribution in [-0.4, -0.2) is 48.6 Å². The molecule has 0 aliphatic heterocycles. The lowest BCUT2D eigenvalue weighted by molar-refractivity contribution is -0.356. The van der Waals surface area contributed by atoms with Crippen molar-refractivity contribution in [2.45, 2.75) is 43.6 Å².